The molecule has 2 N–H and O–H groups in total. The second kappa shape index (κ2) is 5.05. The molecule has 1 saturated heterocycles. The number of fused-ring (bicyclic) bond motifs is 1. The monoisotopic (exact) mass is 257 g/mol. The minimum Gasteiger partial charge on any atom is -0.361 e. The molecule has 100 valence electrons. The summed E-state index contributed by atoms with van der Waals surface area (Å²) >= 11 is 0. The van der Waals surface area contributed by atoms with Gasteiger partial charge in [-0.3, -0.25) is 4.79 Å². The minimum atomic E-state index is 0.148. The Kier molecular flexibility index (Phi) is 3.25. The van der Waals surface area contributed by atoms with Crippen LogP contribution in [0, 0.1) is 5.92 Å². The fourth-order valence-electron chi connectivity index (χ4n) is 2.77. The van der Waals surface area contributed by atoms with Crippen molar-refractivity contribution in [2.75, 3.05) is 20.1 Å². The molecule has 2 heterocycles. The maximum absolute atomic E-state index is 12.3. The third-order valence-electron chi connectivity index (χ3n) is 3.87. The molecule has 1 unspecified atom stereocenters. The summed E-state index contributed by atoms with van der Waals surface area (Å²) in [5, 5.41) is 4.44. The van der Waals surface area contributed by atoms with Crippen molar-refractivity contribution < 1.29 is 4.79 Å². The van der Waals surface area contributed by atoms with Crippen LogP contribution in [0.15, 0.2) is 30.5 Å². The largest absolute Gasteiger partial charge is 0.361 e. The average Bonchev–Trinajstić information content (AvgIpc) is 3.08. The Morgan fingerprint density at radius 2 is 2.26 bits per heavy atom. The summed E-state index contributed by atoms with van der Waals surface area (Å²) in [5.74, 6) is 0.394. The highest BCUT2D eigenvalue weighted by molar-refractivity contribution is 5.84. The first-order valence-corrected chi connectivity index (χ1v) is 6.76. The van der Waals surface area contributed by atoms with Gasteiger partial charge in [0.25, 0.3) is 0 Å². The van der Waals surface area contributed by atoms with Crippen LogP contribution in [-0.4, -0.2) is 35.9 Å². The smallest absolute Gasteiger partial charge is 0.227 e. The number of hydrogen-bond donors (Lipinski definition) is 2. The van der Waals surface area contributed by atoms with E-state index in [2.05, 4.69) is 22.4 Å². The molecule has 1 amide bonds. The fraction of sp³-hybridized carbons (Fsp3) is 0.400. The van der Waals surface area contributed by atoms with Crippen LogP contribution in [0.5, 0.6) is 0 Å². The standard InChI is InChI=1S/C15H19N3O/c1-18(15(19)11-6-7-16-8-11)10-12-9-17-14-5-3-2-4-13(12)14/h2-5,9,11,16-17H,6-8,10H2,1H3. The van der Waals surface area contributed by atoms with Crippen LogP contribution in [0.25, 0.3) is 10.9 Å². The van der Waals surface area contributed by atoms with Crippen LogP contribution in [0.3, 0.4) is 0 Å². The normalized spacial score (nSPS) is 18.9. The predicted octanol–water partition coefficient (Wildman–Crippen LogP) is 1.74. The molecule has 2 aromatic rings. The summed E-state index contributed by atoms with van der Waals surface area (Å²) in [6.45, 7) is 2.44. The Hall–Kier alpha value is -1.81. The number of hydrogen-bond acceptors (Lipinski definition) is 2. The van der Waals surface area contributed by atoms with Crippen molar-refractivity contribution in [1.82, 2.24) is 15.2 Å². The van der Waals surface area contributed by atoms with E-state index in [1.807, 2.05) is 30.3 Å². The van der Waals surface area contributed by atoms with E-state index in [4.69, 9.17) is 0 Å². The number of nitrogens with zero attached hydrogens (tertiary/aromatic N) is 1. The molecule has 4 nitrogen and oxygen atoms in total. The van der Waals surface area contributed by atoms with E-state index in [1.165, 1.54) is 10.9 Å². The van der Waals surface area contributed by atoms with Crippen LogP contribution >= 0.6 is 0 Å². The highest BCUT2D eigenvalue weighted by Crippen LogP contribution is 2.20. The number of H-pyrrole nitrogens is 1. The van der Waals surface area contributed by atoms with Gasteiger partial charge >= 0.3 is 0 Å². The summed E-state index contributed by atoms with van der Waals surface area (Å²) < 4.78 is 0. The van der Waals surface area contributed by atoms with Gasteiger partial charge in [-0.2, -0.15) is 0 Å². The maximum atomic E-state index is 12.3. The topological polar surface area (TPSA) is 48.1 Å². The fourth-order valence-corrected chi connectivity index (χ4v) is 2.77. The Morgan fingerprint density at radius 3 is 3.05 bits per heavy atom. The van der Waals surface area contributed by atoms with Gasteiger partial charge in [0.05, 0.1) is 5.92 Å². The number of amides is 1. The highest BCUT2D eigenvalue weighted by Gasteiger charge is 2.25. The number of carbonyl (C=O) groups is 1. The van der Waals surface area contributed by atoms with Crippen LogP contribution in [0.2, 0.25) is 0 Å². The van der Waals surface area contributed by atoms with Crippen molar-refractivity contribution in [3.63, 3.8) is 0 Å². The molecule has 4 heteroatoms. The van der Waals surface area contributed by atoms with Gasteiger partial charge in [0.1, 0.15) is 0 Å². The molecule has 0 aliphatic carbocycles. The van der Waals surface area contributed by atoms with Gasteiger partial charge in [0, 0.05) is 37.2 Å². The summed E-state index contributed by atoms with van der Waals surface area (Å²) in [5.41, 5.74) is 2.30. The molecule has 1 fully saturated rings. The van der Waals surface area contributed by atoms with Gasteiger partial charge in [-0.25, -0.2) is 0 Å². The average molecular weight is 257 g/mol. The second-order valence-electron chi connectivity index (χ2n) is 5.24. The molecule has 1 aliphatic rings. The first kappa shape index (κ1) is 12.2. The lowest BCUT2D eigenvalue weighted by atomic mass is 10.1. The van der Waals surface area contributed by atoms with E-state index in [-0.39, 0.29) is 11.8 Å². The molecular formula is C15H19N3O. The van der Waals surface area contributed by atoms with E-state index in [1.54, 1.807) is 0 Å². The van der Waals surface area contributed by atoms with Crippen LogP contribution in [-0.2, 0) is 11.3 Å². The molecule has 19 heavy (non-hydrogen) atoms. The SMILES string of the molecule is CN(Cc1c[nH]c2ccccc12)C(=O)C1CCNC1. The molecule has 0 radical (unpaired) electrons. The van der Waals surface area contributed by atoms with Crippen molar-refractivity contribution in [3.8, 4) is 0 Å². The quantitative estimate of drug-likeness (QED) is 0.880. The van der Waals surface area contributed by atoms with Crippen molar-refractivity contribution in [3.05, 3.63) is 36.0 Å². The van der Waals surface area contributed by atoms with Gasteiger partial charge in [-0.05, 0) is 24.6 Å². The lowest BCUT2D eigenvalue weighted by Gasteiger charge is -2.20. The van der Waals surface area contributed by atoms with Crippen molar-refractivity contribution in [2.24, 2.45) is 5.92 Å². The van der Waals surface area contributed by atoms with Crippen LogP contribution in [0.4, 0.5) is 0 Å². The first-order valence-electron chi connectivity index (χ1n) is 6.76. The summed E-state index contributed by atoms with van der Waals surface area (Å²) in [6.07, 6.45) is 2.96. The summed E-state index contributed by atoms with van der Waals surface area (Å²) in [4.78, 5) is 17.4. The van der Waals surface area contributed by atoms with Gasteiger partial charge in [0.2, 0.25) is 5.91 Å². The molecular weight excluding hydrogens is 238 g/mol. The molecule has 1 aromatic carbocycles. The molecule has 3 rings (SSSR count). The van der Waals surface area contributed by atoms with Gasteiger partial charge in [-0.1, -0.05) is 18.2 Å². The highest BCUT2D eigenvalue weighted by atomic mass is 16.2. The van der Waals surface area contributed by atoms with Crippen LogP contribution in [0.1, 0.15) is 12.0 Å². The van der Waals surface area contributed by atoms with E-state index in [0.29, 0.717) is 6.54 Å². The van der Waals surface area contributed by atoms with Crippen LogP contribution < -0.4 is 5.32 Å². The predicted molar refractivity (Wildman–Crippen MR) is 75.7 cm³/mol. The number of para-hydroxylation sites is 1. The number of carbonyl (C=O) groups excluding carboxylic acids is 1. The van der Waals surface area contributed by atoms with E-state index in [0.717, 1.165) is 25.0 Å². The number of aromatic amines is 1. The molecule has 1 aromatic heterocycles. The zero-order chi connectivity index (χ0) is 13.2. The number of rotatable bonds is 3. The number of aromatic nitrogens is 1. The lowest BCUT2D eigenvalue weighted by Crippen LogP contribution is -2.33. The van der Waals surface area contributed by atoms with E-state index in [9.17, 15) is 4.79 Å². The molecule has 0 bridgehead atoms. The van der Waals surface area contributed by atoms with E-state index >= 15 is 0 Å². The molecule has 1 aliphatic heterocycles. The van der Waals surface area contributed by atoms with Crippen molar-refractivity contribution >= 4 is 16.8 Å². The molecule has 1 atom stereocenters. The summed E-state index contributed by atoms with van der Waals surface area (Å²) in [6, 6.07) is 8.20. The zero-order valence-electron chi connectivity index (χ0n) is 11.1. The Bertz CT molecular complexity index is 584. The van der Waals surface area contributed by atoms with Crippen molar-refractivity contribution in [2.45, 2.75) is 13.0 Å². The van der Waals surface area contributed by atoms with Gasteiger partial charge < -0.3 is 15.2 Å². The Labute approximate surface area is 112 Å². The summed E-state index contributed by atoms with van der Waals surface area (Å²) in [7, 11) is 1.89. The van der Waals surface area contributed by atoms with Gasteiger partial charge in [0.15, 0.2) is 0 Å². The zero-order valence-corrected chi connectivity index (χ0v) is 11.1. The Balaban J connectivity index is 1.75. The first-order chi connectivity index (χ1) is 9.25. The third-order valence-corrected chi connectivity index (χ3v) is 3.87. The van der Waals surface area contributed by atoms with Gasteiger partial charge in [-0.15, -0.1) is 0 Å². The lowest BCUT2D eigenvalue weighted by molar-refractivity contribution is -0.134. The van der Waals surface area contributed by atoms with Crippen molar-refractivity contribution in [1.29, 1.82) is 0 Å². The number of nitrogens with one attached hydrogen (secondary N) is 2. The second-order valence-corrected chi connectivity index (χ2v) is 5.24. The van der Waals surface area contributed by atoms with E-state index < -0.39 is 0 Å². The third kappa shape index (κ3) is 2.36. The number of benzene rings is 1. The molecule has 0 spiro atoms. The molecule has 0 saturated carbocycles. The minimum absolute atomic E-state index is 0.148. The Morgan fingerprint density at radius 1 is 1.42 bits per heavy atom. The maximum Gasteiger partial charge on any atom is 0.227 e.